The fourth-order valence-corrected chi connectivity index (χ4v) is 8.20. The van der Waals surface area contributed by atoms with Gasteiger partial charge in [-0.3, -0.25) is 4.79 Å². The molecule has 5 aliphatic rings. The van der Waals surface area contributed by atoms with Crippen LogP contribution in [0.2, 0.25) is 0 Å². The van der Waals surface area contributed by atoms with Crippen molar-refractivity contribution in [1.82, 2.24) is 0 Å². The van der Waals surface area contributed by atoms with Crippen molar-refractivity contribution < 1.29 is 19.7 Å². The van der Waals surface area contributed by atoms with Gasteiger partial charge in [-0.15, -0.1) is 0 Å². The average molecular weight is 350 g/mol. The number of rotatable bonds is 2. The van der Waals surface area contributed by atoms with Crippen molar-refractivity contribution in [2.45, 2.75) is 71.3 Å². The third-order valence-corrected chi connectivity index (χ3v) is 9.35. The van der Waals surface area contributed by atoms with Crippen LogP contribution in [0, 0.1) is 39.9 Å². The molecule has 25 heavy (non-hydrogen) atoms. The Labute approximate surface area is 151 Å². The van der Waals surface area contributed by atoms with Crippen molar-refractivity contribution in [1.29, 1.82) is 0 Å². The highest BCUT2D eigenvalue weighted by Crippen LogP contribution is 2.72. The van der Waals surface area contributed by atoms with Gasteiger partial charge in [0.25, 0.3) is 0 Å². The average Bonchev–Trinajstić information content (AvgIpc) is 2.61. The summed E-state index contributed by atoms with van der Waals surface area (Å²) in [5, 5.41) is 21.0. The first kappa shape index (κ1) is 17.8. The molecule has 4 nitrogen and oxygen atoms in total. The molecule has 0 heterocycles. The lowest BCUT2D eigenvalue weighted by Crippen LogP contribution is -2.67. The zero-order valence-electron chi connectivity index (χ0n) is 16.0. The molecule has 4 heteroatoms. The van der Waals surface area contributed by atoms with Gasteiger partial charge in [0.15, 0.2) is 0 Å². The van der Waals surface area contributed by atoms with Gasteiger partial charge in [-0.25, -0.2) is 0 Å². The lowest BCUT2D eigenvalue weighted by atomic mass is 9.35. The Morgan fingerprint density at radius 2 is 1.84 bits per heavy atom. The van der Waals surface area contributed by atoms with Crippen molar-refractivity contribution in [3.05, 3.63) is 0 Å². The molecule has 8 atom stereocenters. The normalized spacial score (nSPS) is 54.5. The molecular weight excluding hydrogens is 316 g/mol. The van der Waals surface area contributed by atoms with Crippen LogP contribution in [-0.2, 0) is 9.53 Å². The van der Waals surface area contributed by atoms with Crippen molar-refractivity contribution in [3.63, 3.8) is 0 Å². The highest BCUT2D eigenvalue weighted by Gasteiger charge is 2.68. The Hall–Kier alpha value is -0.610. The van der Waals surface area contributed by atoms with E-state index in [-0.39, 0.29) is 40.8 Å². The second kappa shape index (κ2) is 5.69. The van der Waals surface area contributed by atoms with Crippen LogP contribution in [-0.4, -0.2) is 36.0 Å². The molecule has 1 spiro atoms. The van der Waals surface area contributed by atoms with Crippen LogP contribution in [0.5, 0.6) is 0 Å². The Morgan fingerprint density at radius 1 is 1.12 bits per heavy atom. The number of aliphatic hydroxyl groups is 2. The van der Waals surface area contributed by atoms with Crippen LogP contribution < -0.4 is 0 Å². The third kappa shape index (κ3) is 2.10. The summed E-state index contributed by atoms with van der Waals surface area (Å²) in [6, 6.07) is 0. The molecule has 5 fully saturated rings. The second-order valence-corrected chi connectivity index (χ2v) is 9.97. The van der Waals surface area contributed by atoms with Crippen molar-refractivity contribution in [3.8, 4) is 0 Å². The minimum atomic E-state index is -0.388. The summed E-state index contributed by atoms with van der Waals surface area (Å²) in [5.41, 5.74) is -0.331. The van der Waals surface area contributed by atoms with E-state index in [4.69, 9.17) is 4.74 Å². The fraction of sp³-hybridized carbons (Fsp3) is 0.952. The number of hydrogen-bond donors (Lipinski definition) is 2. The smallest absolute Gasteiger partial charge is 0.311 e. The molecule has 0 aliphatic heterocycles. The summed E-state index contributed by atoms with van der Waals surface area (Å²) in [7, 11) is 1.52. The predicted molar refractivity (Wildman–Crippen MR) is 94.7 cm³/mol. The Bertz CT molecular complexity index is 562. The quantitative estimate of drug-likeness (QED) is 0.751. The third-order valence-electron chi connectivity index (χ3n) is 9.35. The molecule has 0 aromatic rings. The van der Waals surface area contributed by atoms with Gasteiger partial charge >= 0.3 is 5.97 Å². The molecule has 2 N–H and O–H groups in total. The van der Waals surface area contributed by atoms with E-state index in [1.54, 1.807) is 0 Å². The highest BCUT2D eigenvalue weighted by molar-refractivity contribution is 5.77. The molecule has 142 valence electrons. The van der Waals surface area contributed by atoms with Gasteiger partial charge in [0.05, 0.1) is 18.6 Å². The molecule has 0 amide bonds. The van der Waals surface area contributed by atoms with Gasteiger partial charge in [-0.2, -0.15) is 0 Å². The first-order valence-electron chi connectivity index (χ1n) is 10.2. The van der Waals surface area contributed by atoms with E-state index in [0.717, 1.165) is 51.4 Å². The predicted octanol–water partition coefficient (Wildman–Crippen LogP) is 3.15. The van der Waals surface area contributed by atoms with Gasteiger partial charge in [0.2, 0.25) is 0 Å². The van der Waals surface area contributed by atoms with Crippen LogP contribution in [0.15, 0.2) is 0 Å². The number of fused-ring (bicyclic) bond motifs is 3. The lowest BCUT2D eigenvalue weighted by molar-refractivity contribution is -0.248. The molecule has 5 rings (SSSR count). The number of carbonyl (C=O) groups excluding carboxylic acids is 1. The molecule has 5 saturated carbocycles. The SMILES string of the molecule is COC(=O)C1(C)CCC[C@]2(C)[C@H]3C[C@H]4CC[C@]3(CC[C@@H]12)[C@@H](O)[C@H]4CO. The van der Waals surface area contributed by atoms with Crippen LogP contribution in [0.4, 0.5) is 0 Å². The number of ether oxygens (including phenoxy) is 1. The summed E-state index contributed by atoms with van der Waals surface area (Å²) in [5.74, 6) is 1.26. The Morgan fingerprint density at radius 3 is 2.52 bits per heavy atom. The molecule has 0 saturated heterocycles. The number of hydrogen-bond acceptors (Lipinski definition) is 4. The highest BCUT2D eigenvalue weighted by atomic mass is 16.5. The summed E-state index contributed by atoms with van der Waals surface area (Å²) in [6.45, 7) is 4.62. The summed E-state index contributed by atoms with van der Waals surface area (Å²) in [6.07, 6.45) is 8.12. The van der Waals surface area contributed by atoms with Crippen molar-refractivity contribution in [2.75, 3.05) is 13.7 Å². The van der Waals surface area contributed by atoms with Gasteiger partial charge in [0, 0.05) is 17.9 Å². The Balaban J connectivity index is 1.73. The van der Waals surface area contributed by atoms with E-state index in [9.17, 15) is 15.0 Å². The van der Waals surface area contributed by atoms with E-state index in [1.807, 2.05) is 0 Å². The van der Waals surface area contributed by atoms with Gasteiger partial charge in [0.1, 0.15) is 0 Å². The van der Waals surface area contributed by atoms with Crippen molar-refractivity contribution >= 4 is 5.97 Å². The number of esters is 1. The molecule has 0 radical (unpaired) electrons. The molecule has 0 aromatic heterocycles. The largest absolute Gasteiger partial charge is 0.469 e. The molecule has 0 aromatic carbocycles. The van der Waals surface area contributed by atoms with E-state index >= 15 is 0 Å². The van der Waals surface area contributed by atoms with E-state index in [0.29, 0.717) is 17.8 Å². The van der Waals surface area contributed by atoms with Crippen LogP contribution >= 0.6 is 0 Å². The maximum Gasteiger partial charge on any atom is 0.311 e. The van der Waals surface area contributed by atoms with E-state index < -0.39 is 0 Å². The topological polar surface area (TPSA) is 66.8 Å². The lowest BCUT2D eigenvalue weighted by Gasteiger charge is -2.69. The molecule has 5 aliphatic carbocycles. The minimum absolute atomic E-state index is 0.0399. The standard InChI is InChI=1S/C21H34O4/c1-19-7-4-8-20(2,18(24)25-3)15(19)6-10-21-9-5-13(11-16(19)21)14(12-22)17(21)23/h13-17,22-23H,4-12H2,1-3H3/t13-,14+,15-,16-,17+,19+,20?,21-/m1/s1. The summed E-state index contributed by atoms with van der Waals surface area (Å²) < 4.78 is 5.22. The molecule has 1 unspecified atom stereocenters. The van der Waals surface area contributed by atoms with Crippen LogP contribution in [0.1, 0.15) is 65.2 Å². The van der Waals surface area contributed by atoms with E-state index in [1.165, 1.54) is 7.11 Å². The first-order chi connectivity index (χ1) is 11.8. The fourth-order valence-electron chi connectivity index (χ4n) is 8.20. The summed E-state index contributed by atoms with van der Waals surface area (Å²) in [4.78, 5) is 12.7. The maximum absolute atomic E-state index is 12.7. The van der Waals surface area contributed by atoms with Crippen LogP contribution in [0.25, 0.3) is 0 Å². The van der Waals surface area contributed by atoms with Gasteiger partial charge in [-0.1, -0.05) is 13.3 Å². The zero-order valence-corrected chi connectivity index (χ0v) is 16.0. The van der Waals surface area contributed by atoms with Crippen molar-refractivity contribution in [2.24, 2.45) is 39.9 Å². The summed E-state index contributed by atoms with van der Waals surface area (Å²) >= 11 is 0. The number of carbonyl (C=O) groups is 1. The monoisotopic (exact) mass is 350 g/mol. The zero-order chi connectivity index (χ0) is 18.0. The van der Waals surface area contributed by atoms with Gasteiger partial charge in [-0.05, 0) is 75.0 Å². The molecular formula is C21H34O4. The molecule has 2 bridgehead atoms. The van der Waals surface area contributed by atoms with Gasteiger partial charge < -0.3 is 14.9 Å². The second-order valence-electron chi connectivity index (χ2n) is 9.97. The first-order valence-corrected chi connectivity index (χ1v) is 10.2. The minimum Gasteiger partial charge on any atom is -0.469 e. The number of aliphatic hydroxyl groups excluding tert-OH is 2. The maximum atomic E-state index is 12.7. The number of methoxy groups -OCH3 is 1. The van der Waals surface area contributed by atoms with Crippen LogP contribution in [0.3, 0.4) is 0 Å². The van der Waals surface area contributed by atoms with E-state index in [2.05, 4.69) is 13.8 Å². The Kier molecular flexibility index (Phi) is 4.05.